The van der Waals surface area contributed by atoms with Crippen molar-refractivity contribution in [3.8, 4) is 5.75 Å². The van der Waals surface area contributed by atoms with E-state index < -0.39 is 30.3 Å². The van der Waals surface area contributed by atoms with Crippen LogP contribution in [0, 0.1) is 5.82 Å². The summed E-state index contributed by atoms with van der Waals surface area (Å²) in [5.74, 6) is -0.195. The van der Waals surface area contributed by atoms with Crippen LogP contribution in [0.4, 0.5) is 14.0 Å². The lowest BCUT2D eigenvalue weighted by Crippen LogP contribution is -2.53. The Labute approximate surface area is 168 Å². The van der Waals surface area contributed by atoms with Gasteiger partial charge in [-0.25, -0.2) is 14.0 Å². The third kappa shape index (κ3) is 3.75. The minimum Gasteiger partial charge on any atom is -0.466 e. The van der Waals surface area contributed by atoms with Crippen molar-refractivity contribution in [2.75, 3.05) is 6.54 Å². The maximum Gasteiger partial charge on any atom is 0.413 e. The van der Waals surface area contributed by atoms with E-state index in [1.807, 2.05) is 30.3 Å². The van der Waals surface area contributed by atoms with Gasteiger partial charge in [-0.2, -0.15) is 0 Å². The van der Waals surface area contributed by atoms with E-state index in [0.29, 0.717) is 11.3 Å². The minimum absolute atomic E-state index is 0.0889. The molecule has 0 bridgehead atoms. The SMILES string of the molecule is O=C1NC[C@@H]([C@@H]2Oc3cc(F)c(Br)cc3CN2C(=O)OCc2ccccc2)O1. The second kappa shape index (κ2) is 7.67. The van der Waals surface area contributed by atoms with E-state index in [0.717, 1.165) is 5.56 Å². The van der Waals surface area contributed by atoms with Crippen molar-refractivity contribution in [1.82, 2.24) is 10.2 Å². The Bertz CT molecular complexity index is 911. The monoisotopic (exact) mass is 450 g/mol. The molecule has 0 aliphatic carbocycles. The maximum absolute atomic E-state index is 13.9. The molecule has 2 atom stereocenters. The summed E-state index contributed by atoms with van der Waals surface area (Å²) in [5, 5.41) is 2.53. The fourth-order valence-corrected chi connectivity index (χ4v) is 3.47. The summed E-state index contributed by atoms with van der Waals surface area (Å²) in [6, 6.07) is 12.0. The number of amides is 2. The molecule has 0 spiro atoms. The molecule has 0 aromatic heterocycles. The van der Waals surface area contributed by atoms with Crippen LogP contribution in [0.15, 0.2) is 46.9 Å². The van der Waals surface area contributed by atoms with E-state index in [1.54, 1.807) is 6.07 Å². The van der Waals surface area contributed by atoms with Crippen molar-refractivity contribution in [3.05, 3.63) is 63.9 Å². The first-order valence-electron chi connectivity index (χ1n) is 8.57. The number of hydrogen-bond acceptors (Lipinski definition) is 5. The summed E-state index contributed by atoms with van der Waals surface area (Å²) in [4.78, 5) is 25.5. The molecule has 1 N–H and O–H groups in total. The molecule has 0 saturated carbocycles. The minimum atomic E-state index is -0.935. The fraction of sp³-hybridized carbons (Fsp3) is 0.263. The summed E-state index contributed by atoms with van der Waals surface area (Å²) in [5.41, 5.74) is 1.45. The summed E-state index contributed by atoms with van der Waals surface area (Å²) in [6.45, 7) is 0.381. The normalized spacial score (nSPS) is 20.6. The molecular formula is C19H16BrFN2O5. The van der Waals surface area contributed by atoms with Crippen molar-refractivity contribution < 1.29 is 28.2 Å². The van der Waals surface area contributed by atoms with Crippen LogP contribution >= 0.6 is 15.9 Å². The number of carbonyl (C=O) groups excluding carboxylic acids is 2. The van der Waals surface area contributed by atoms with Crippen LogP contribution in [0.5, 0.6) is 5.75 Å². The van der Waals surface area contributed by atoms with Crippen molar-refractivity contribution in [1.29, 1.82) is 0 Å². The van der Waals surface area contributed by atoms with Gasteiger partial charge in [0.2, 0.25) is 6.23 Å². The second-order valence-electron chi connectivity index (χ2n) is 6.38. The van der Waals surface area contributed by atoms with Crippen LogP contribution in [-0.4, -0.2) is 36.0 Å². The molecule has 1 saturated heterocycles. The molecule has 0 unspecified atom stereocenters. The molecule has 2 heterocycles. The highest BCUT2D eigenvalue weighted by atomic mass is 79.9. The zero-order valence-corrected chi connectivity index (χ0v) is 16.1. The average molecular weight is 451 g/mol. The number of nitrogens with one attached hydrogen (secondary N) is 1. The Morgan fingerprint density at radius 2 is 2.07 bits per heavy atom. The highest BCUT2D eigenvalue weighted by Gasteiger charge is 2.42. The van der Waals surface area contributed by atoms with Crippen molar-refractivity contribution in [2.45, 2.75) is 25.5 Å². The molecule has 9 heteroatoms. The number of benzene rings is 2. The van der Waals surface area contributed by atoms with Crippen LogP contribution < -0.4 is 10.1 Å². The van der Waals surface area contributed by atoms with Crippen LogP contribution in [0.25, 0.3) is 0 Å². The van der Waals surface area contributed by atoms with E-state index in [1.165, 1.54) is 11.0 Å². The quantitative estimate of drug-likeness (QED) is 0.773. The van der Waals surface area contributed by atoms with Crippen molar-refractivity contribution in [3.63, 3.8) is 0 Å². The first-order chi connectivity index (χ1) is 13.5. The molecule has 0 radical (unpaired) electrons. The van der Waals surface area contributed by atoms with E-state index in [2.05, 4.69) is 21.2 Å². The lowest BCUT2D eigenvalue weighted by atomic mass is 10.1. The summed E-state index contributed by atoms with van der Waals surface area (Å²) in [7, 11) is 0. The van der Waals surface area contributed by atoms with Crippen LogP contribution in [-0.2, 0) is 22.6 Å². The van der Waals surface area contributed by atoms with Crippen molar-refractivity contribution >= 4 is 28.1 Å². The van der Waals surface area contributed by atoms with Gasteiger partial charge in [0.1, 0.15) is 18.2 Å². The van der Waals surface area contributed by atoms with Gasteiger partial charge >= 0.3 is 12.2 Å². The molecule has 28 heavy (non-hydrogen) atoms. The van der Waals surface area contributed by atoms with Gasteiger partial charge in [-0.05, 0) is 27.6 Å². The first-order valence-corrected chi connectivity index (χ1v) is 9.37. The average Bonchev–Trinajstić information content (AvgIpc) is 3.13. The number of cyclic esters (lactones) is 1. The zero-order chi connectivity index (χ0) is 19.7. The largest absolute Gasteiger partial charge is 0.466 e. The standard InChI is InChI=1S/C19H16BrFN2O5/c20-13-6-12-9-23(19(25)26-10-11-4-2-1-3-5-11)17(16-8-22-18(24)28-16)27-15(12)7-14(13)21/h1-7,16-17H,8-10H2,(H,22,24)/t16-,17-/m0/s1. The molecule has 1 fully saturated rings. The van der Waals surface area contributed by atoms with E-state index >= 15 is 0 Å². The van der Waals surface area contributed by atoms with E-state index in [4.69, 9.17) is 14.2 Å². The van der Waals surface area contributed by atoms with Crippen LogP contribution in [0.3, 0.4) is 0 Å². The number of carbonyl (C=O) groups is 2. The van der Waals surface area contributed by atoms with Gasteiger partial charge in [0.05, 0.1) is 17.6 Å². The summed E-state index contributed by atoms with van der Waals surface area (Å²) >= 11 is 3.14. The van der Waals surface area contributed by atoms with Gasteiger partial charge in [-0.1, -0.05) is 30.3 Å². The number of ether oxygens (including phenoxy) is 3. The van der Waals surface area contributed by atoms with Crippen LogP contribution in [0.2, 0.25) is 0 Å². The predicted octanol–water partition coefficient (Wildman–Crippen LogP) is 3.55. The summed E-state index contributed by atoms with van der Waals surface area (Å²) in [6.07, 6.45) is -2.89. The molecule has 2 aliphatic heterocycles. The molecule has 2 aromatic rings. The summed E-state index contributed by atoms with van der Waals surface area (Å²) < 4.78 is 30.6. The van der Waals surface area contributed by atoms with Gasteiger partial charge in [0.15, 0.2) is 6.10 Å². The number of alkyl carbamates (subject to hydrolysis) is 1. The molecule has 2 amide bonds. The van der Waals surface area contributed by atoms with Gasteiger partial charge in [0, 0.05) is 11.6 Å². The smallest absolute Gasteiger partial charge is 0.413 e. The number of hydrogen-bond donors (Lipinski definition) is 1. The number of halogens is 2. The van der Waals surface area contributed by atoms with Gasteiger partial charge in [-0.3, -0.25) is 4.90 Å². The molecule has 7 nitrogen and oxygen atoms in total. The zero-order valence-electron chi connectivity index (χ0n) is 14.6. The van der Waals surface area contributed by atoms with Gasteiger partial charge in [0.25, 0.3) is 0 Å². The van der Waals surface area contributed by atoms with Crippen LogP contribution in [0.1, 0.15) is 11.1 Å². The number of fused-ring (bicyclic) bond motifs is 1. The lowest BCUT2D eigenvalue weighted by molar-refractivity contribution is -0.0645. The highest BCUT2D eigenvalue weighted by molar-refractivity contribution is 9.10. The topological polar surface area (TPSA) is 77.1 Å². The Morgan fingerprint density at radius 3 is 2.79 bits per heavy atom. The lowest BCUT2D eigenvalue weighted by Gasteiger charge is -2.38. The Morgan fingerprint density at radius 1 is 1.29 bits per heavy atom. The first kappa shape index (κ1) is 18.5. The third-order valence-corrected chi connectivity index (χ3v) is 5.07. The fourth-order valence-electron chi connectivity index (χ4n) is 3.08. The second-order valence-corrected chi connectivity index (χ2v) is 7.23. The Kier molecular flexibility index (Phi) is 5.08. The number of rotatable bonds is 3. The Hall–Kier alpha value is -2.81. The molecular weight excluding hydrogens is 435 g/mol. The molecule has 2 aromatic carbocycles. The predicted molar refractivity (Wildman–Crippen MR) is 99.0 cm³/mol. The van der Waals surface area contributed by atoms with E-state index in [9.17, 15) is 14.0 Å². The van der Waals surface area contributed by atoms with Gasteiger partial charge < -0.3 is 19.5 Å². The Balaban J connectivity index is 1.57. The maximum atomic E-state index is 13.9. The van der Waals surface area contributed by atoms with Crippen molar-refractivity contribution in [2.24, 2.45) is 0 Å². The molecule has 146 valence electrons. The molecule has 2 aliphatic rings. The third-order valence-electron chi connectivity index (χ3n) is 4.46. The highest BCUT2D eigenvalue weighted by Crippen LogP contribution is 2.34. The molecule has 4 rings (SSSR count). The number of nitrogens with zero attached hydrogens (tertiary/aromatic N) is 1. The van der Waals surface area contributed by atoms with E-state index in [-0.39, 0.29) is 24.2 Å². The van der Waals surface area contributed by atoms with Gasteiger partial charge in [-0.15, -0.1) is 0 Å².